The first-order chi connectivity index (χ1) is 8.25. The molecule has 0 bridgehead atoms. The Morgan fingerprint density at radius 1 is 1.28 bits per heavy atom. The van der Waals surface area contributed by atoms with Crippen molar-refractivity contribution < 1.29 is 13.6 Å². The lowest BCUT2D eigenvalue weighted by molar-refractivity contribution is -0.128. The Morgan fingerprint density at radius 2 is 1.89 bits per heavy atom. The van der Waals surface area contributed by atoms with Crippen LogP contribution in [0.2, 0.25) is 0 Å². The van der Waals surface area contributed by atoms with Gasteiger partial charge in [0.25, 0.3) is 5.92 Å². The van der Waals surface area contributed by atoms with E-state index in [1.807, 2.05) is 32.6 Å². The number of carbonyl (C=O) groups is 1. The molecule has 1 heterocycles. The predicted molar refractivity (Wildman–Crippen MR) is 66.6 cm³/mol. The number of hydrogen-bond acceptors (Lipinski definition) is 2. The van der Waals surface area contributed by atoms with Gasteiger partial charge in [-0.3, -0.25) is 9.69 Å². The summed E-state index contributed by atoms with van der Waals surface area (Å²) in [5.41, 5.74) is 0. The molecule has 0 amide bonds. The third-order valence-corrected chi connectivity index (χ3v) is 4.56. The van der Waals surface area contributed by atoms with Crippen molar-refractivity contribution in [1.29, 1.82) is 0 Å². The number of likely N-dealkylation sites (tertiary alicyclic amines) is 1. The minimum absolute atomic E-state index is 0.0455. The molecule has 2 nitrogen and oxygen atoms in total. The number of alkyl halides is 2. The molecule has 4 heteroatoms. The van der Waals surface area contributed by atoms with Gasteiger partial charge in [0.2, 0.25) is 0 Å². The van der Waals surface area contributed by atoms with Gasteiger partial charge in [-0.15, -0.1) is 0 Å². The highest BCUT2D eigenvalue weighted by atomic mass is 19.3. The second kappa shape index (κ2) is 4.55. The third kappa shape index (κ3) is 2.09. The molecule has 1 unspecified atom stereocenters. The lowest BCUT2D eigenvalue weighted by atomic mass is 9.87. The van der Waals surface area contributed by atoms with Crippen LogP contribution in [-0.4, -0.2) is 35.2 Å². The lowest BCUT2D eigenvalue weighted by Crippen LogP contribution is -2.45. The van der Waals surface area contributed by atoms with Crippen molar-refractivity contribution in [2.45, 2.75) is 58.5 Å². The smallest absolute Gasteiger partial charge is 0.252 e. The zero-order chi connectivity index (χ0) is 13.7. The second-order valence-corrected chi connectivity index (χ2v) is 6.36. The Labute approximate surface area is 108 Å². The van der Waals surface area contributed by atoms with Gasteiger partial charge >= 0.3 is 0 Å². The summed E-state index contributed by atoms with van der Waals surface area (Å²) >= 11 is 0. The maximum atomic E-state index is 13.8. The standard InChI is InChI=1S/C14H23F2NO/c1-8(2)13(18)12-10-5-6-14(15,16)11(10)7-17(12)9(3)4/h8-12H,5-7H2,1-4H3/t10-,11-,12?/m0/s1. The quantitative estimate of drug-likeness (QED) is 0.776. The average molecular weight is 259 g/mol. The summed E-state index contributed by atoms with van der Waals surface area (Å²) in [6, 6.07) is -0.137. The Kier molecular flexibility index (Phi) is 3.52. The van der Waals surface area contributed by atoms with Crippen LogP contribution in [0.4, 0.5) is 8.78 Å². The van der Waals surface area contributed by atoms with E-state index in [-0.39, 0.29) is 36.1 Å². The van der Waals surface area contributed by atoms with E-state index in [0.717, 1.165) is 0 Å². The van der Waals surface area contributed by atoms with Crippen molar-refractivity contribution in [2.24, 2.45) is 17.8 Å². The van der Waals surface area contributed by atoms with Gasteiger partial charge in [0.15, 0.2) is 5.78 Å². The summed E-state index contributed by atoms with van der Waals surface area (Å²) < 4.78 is 27.7. The van der Waals surface area contributed by atoms with E-state index >= 15 is 0 Å². The van der Waals surface area contributed by atoms with Crippen molar-refractivity contribution >= 4 is 5.78 Å². The van der Waals surface area contributed by atoms with Crippen LogP contribution in [-0.2, 0) is 4.79 Å². The van der Waals surface area contributed by atoms with E-state index in [9.17, 15) is 13.6 Å². The predicted octanol–water partition coefficient (Wildman–Crippen LogP) is 2.97. The van der Waals surface area contributed by atoms with Gasteiger partial charge in [-0.1, -0.05) is 13.8 Å². The van der Waals surface area contributed by atoms with Crippen molar-refractivity contribution in [1.82, 2.24) is 4.90 Å². The Morgan fingerprint density at radius 3 is 2.39 bits per heavy atom. The molecule has 1 aliphatic carbocycles. The zero-order valence-electron chi connectivity index (χ0n) is 11.6. The van der Waals surface area contributed by atoms with Gasteiger partial charge < -0.3 is 0 Å². The summed E-state index contributed by atoms with van der Waals surface area (Å²) in [7, 11) is 0. The molecule has 2 rings (SSSR count). The van der Waals surface area contributed by atoms with Crippen molar-refractivity contribution in [2.75, 3.05) is 6.54 Å². The third-order valence-electron chi connectivity index (χ3n) is 4.56. The molecule has 0 radical (unpaired) electrons. The number of Topliss-reactive ketones (excluding diaryl/α,β-unsaturated/α-hetero) is 1. The average Bonchev–Trinajstić information content (AvgIpc) is 2.76. The van der Waals surface area contributed by atoms with Gasteiger partial charge in [0.1, 0.15) is 0 Å². The highest BCUT2D eigenvalue weighted by Crippen LogP contribution is 2.51. The minimum atomic E-state index is -2.58. The molecular formula is C14H23F2NO. The van der Waals surface area contributed by atoms with Crippen LogP contribution in [0.15, 0.2) is 0 Å². The normalized spacial score (nSPS) is 35.4. The Hall–Kier alpha value is -0.510. The first-order valence-corrected chi connectivity index (χ1v) is 6.93. The van der Waals surface area contributed by atoms with Crippen LogP contribution in [0.1, 0.15) is 40.5 Å². The number of hydrogen-bond donors (Lipinski definition) is 0. The fourth-order valence-electron chi connectivity index (χ4n) is 3.54. The van der Waals surface area contributed by atoms with E-state index in [2.05, 4.69) is 0 Å². The molecule has 1 saturated heterocycles. The number of rotatable bonds is 3. The first-order valence-electron chi connectivity index (χ1n) is 6.93. The topological polar surface area (TPSA) is 20.3 Å². The lowest BCUT2D eigenvalue weighted by Gasteiger charge is -2.31. The maximum absolute atomic E-state index is 13.8. The van der Waals surface area contributed by atoms with E-state index in [0.29, 0.717) is 13.0 Å². The van der Waals surface area contributed by atoms with E-state index in [1.165, 1.54) is 0 Å². The minimum Gasteiger partial charge on any atom is -0.298 e. The molecule has 2 aliphatic rings. The monoisotopic (exact) mass is 259 g/mol. The van der Waals surface area contributed by atoms with Gasteiger partial charge in [-0.2, -0.15) is 0 Å². The van der Waals surface area contributed by atoms with E-state index in [1.54, 1.807) is 0 Å². The van der Waals surface area contributed by atoms with Gasteiger partial charge in [0.05, 0.1) is 6.04 Å². The largest absolute Gasteiger partial charge is 0.298 e. The van der Waals surface area contributed by atoms with Crippen LogP contribution in [0.25, 0.3) is 0 Å². The van der Waals surface area contributed by atoms with Crippen LogP contribution in [0, 0.1) is 17.8 Å². The fourth-order valence-corrected chi connectivity index (χ4v) is 3.54. The zero-order valence-corrected chi connectivity index (χ0v) is 11.6. The molecule has 3 atom stereocenters. The molecule has 0 N–H and O–H groups in total. The molecule has 0 spiro atoms. The van der Waals surface area contributed by atoms with Gasteiger partial charge in [-0.05, 0) is 26.2 Å². The maximum Gasteiger partial charge on any atom is 0.252 e. The number of halogens is 2. The fraction of sp³-hybridized carbons (Fsp3) is 0.929. The molecule has 1 saturated carbocycles. The van der Waals surface area contributed by atoms with Crippen LogP contribution < -0.4 is 0 Å². The van der Waals surface area contributed by atoms with E-state index in [4.69, 9.17) is 0 Å². The van der Waals surface area contributed by atoms with Crippen LogP contribution in [0.3, 0.4) is 0 Å². The number of ketones is 1. The van der Waals surface area contributed by atoms with Crippen LogP contribution >= 0.6 is 0 Å². The number of fused-ring (bicyclic) bond motifs is 1. The summed E-state index contributed by atoms with van der Waals surface area (Å²) in [6.45, 7) is 8.07. The molecular weight excluding hydrogens is 236 g/mol. The Balaban J connectivity index is 2.27. The molecule has 104 valence electrons. The van der Waals surface area contributed by atoms with Crippen molar-refractivity contribution in [3.05, 3.63) is 0 Å². The second-order valence-electron chi connectivity index (χ2n) is 6.36. The molecule has 2 fully saturated rings. The molecule has 18 heavy (non-hydrogen) atoms. The first kappa shape index (κ1) is 13.9. The highest BCUT2D eigenvalue weighted by Gasteiger charge is 2.59. The molecule has 0 aromatic rings. The van der Waals surface area contributed by atoms with E-state index < -0.39 is 11.8 Å². The molecule has 0 aromatic heterocycles. The molecule has 1 aliphatic heterocycles. The van der Waals surface area contributed by atoms with Gasteiger partial charge in [-0.25, -0.2) is 8.78 Å². The molecule has 0 aromatic carbocycles. The highest BCUT2D eigenvalue weighted by molar-refractivity contribution is 5.86. The Bertz CT molecular complexity index is 341. The number of carbonyl (C=O) groups excluding carboxylic acids is 1. The summed E-state index contributed by atoms with van der Waals surface area (Å²) in [5.74, 6) is -3.29. The van der Waals surface area contributed by atoms with Crippen LogP contribution in [0.5, 0.6) is 0 Å². The summed E-state index contributed by atoms with van der Waals surface area (Å²) in [5, 5.41) is 0. The summed E-state index contributed by atoms with van der Waals surface area (Å²) in [6.07, 6.45) is 0.445. The van der Waals surface area contributed by atoms with Crippen molar-refractivity contribution in [3.63, 3.8) is 0 Å². The number of nitrogens with zero attached hydrogens (tertiary/aromatic N) is 1. The van der Waals surface area contributed by atoms with Crippen molar-refractivity contribution in [3.8, 4) is 0 Å². The SMILES string of the molecule is CC(C)C(=O)C1[C@H]2CCC(F)(F)[C@H]2CN1C(C)C. The summed E-state index contributed by atoms with van der Waals surface area (Å²) in [4.78, 5) is 14.3. The van der Waals surface area contributed by atoms with Gasteiger partial charge in [0, 0.05) is 30.8 Å².